The highest BCUT2D eigenvalue weighted by molar-refractivity contribution is 5.76. The number of rotatable bonds is 52. The van der Waals surface area contributed by atoms with Crippen LogP contribution in [0.15, 0.2) is 24.3 Å². The van der Waals surface area contributed by atoms with E-state index in [-0.39, 0.29) is 18.9 Å². The van der Waals surface area contributed by atoms with Gasteiger partial charge in [0.15, 0.2) is 18.9 Å². The van der Waals surface area contributed by atoms with E-state index in [1.54, 1.807) is 6.08 Å². The highest BCUT2D eigenvalue weighted by Gasteiger charge is 2.53. The molecule has 3 aliphatic rings. The van der Waals surface area contributed by atoms with Crippen LogP contribution in [0.1, 0.15) is 258 Å². The molecule has 0 saturated carbocycles. The van der Waals surface area contributed by atoms with Crippen molar-refractivity contribution in [1.29, 1.82) is 0 Å². The molecule has 3 aliphatic heterocycles. The van der Waals surface area contributed by atoms with Crippen molar-refractivity contribution in [2.24, 2.45) is 0 Å². The molecule has 3 rings (SSSR count). The van der Waals surface area contributed by atoms with Crippen LogP contribution in [0.2, 0.25) is 0 Å². The fourth-order valence-corrected chi connectivity index (χ4v) is 11.7. The molecule has 0 aliphatic carbocycles. The van der Waals surface area contributed by atoms with Crippen LogP contribution in [0.5, 0.6) is 0 Å². The lowest BCUT2D eigenvalue weighted by molar-refractivity contribution is -0.379. The Hall–Kier alpha value is -1.73. The van der Waals surface area contributed by atoms with Crippen LogP contribution in [-0.4, -0.2) is 193 Å². The minimum absolute atomic E-state index is 0.238. The zero-order chi connectivity index (χ0) is 61.9. The number of hydrogen-bond donors (Lipinski definition) is 12. The summed E-state index contributed by atoms with van der Waals surface area (Å²) < 4.78 is 34.2. The normalized spacial score (nSPS) is 29.1. The first-order valence-electron chi connectivity index (χ1n) is 34.1. The van der Waals surface area contributed by atoms with E-state index in [2.05, 4.69) is 31.3 Å². The summed E-state index contributed by atoms with van der Waals surface area (Å²) >= 11 is 0. The lowest BCUT2D eigenvalue weighted by atomic mass is 9.96. The van der Waals surface area contributed by atoms with Crippen LogP contribution in [0.4, 0.5) is 0 Å². The second-order valence-electron chi connectivity index (χ2n) is 24.6. The van der Waals surface area contributed by atoms with Gasteiger partial charge in [-0.3, -0.25) is 4.79 Å². The fraction of sp³-hybridized carbons (Fsp3) is 0.924. The van der Waals surface area contributed by atoms with E-state index in [0.29, 0.717) is 12.8 Å². The van der Waals surface area contributed by atoms with Crippen molar-refractivity contribution < 1.29 is 89.4 Å². The van der Waals surface area contributed by atoms with Gasteiger partial charge in [-0.05, 0) is 32.1 Å². The van der Waals surface area contributed by atoms with Crippen LogP contribution in [0.3, 0.4) is 0 Å². The third-order valence-corrected chi connectivity index (χ3v) is 17.3. The lowest BCUT2D eigenvalue weighted by Crippen LogP contribution is -2.66. The molecule has 85 heavy (non-hydrogen) atoms. The number of carbonyl (C=O) groups is 1. The Bertz CT molecular complexity index is 1640. The van der Waals surface area contributed by atoms with Gasteiger partial charge in [0.25, 0.3) is 0 Å². The smallest absolute Gasteiger partial charge is 0.220 e. The van der Waals surface area contributed by atoms with E-state index in [0.717, 1.165) is 38.5 Å². The molecule has 17 atom stereocenters. The molecule has 19 heteroatoms. The second-order valence-corrected chi connectivity index (χ2v) is 24.6. The first-order valence-corrected chi connectivity index (χ1v) is 34.1. The van der Waals surface area contributed by atoms with E-state index < -0.39 is 124 Å². The summed E-state index contributed by atoms with van der Waals surface area (Å²) in [6.45, 7) is 1.69. The van der Waals surface area contributed by atoms with E-state index in [1.165, 1.54) is 186 Å². The van der Waals surface area contributed by atoms with Crippen molar-refractivity contribution >= 4 is 5.91 Å². The molecular weight excluding hydrogens is 1090 g/mol. The van der Waals surface area contributed by atoms with Gasteiger partial charge in [0.2, 0.25) is 5.91 Å². The summed E-state index contributed by atoms with van der Waals surface area (Å²) in [6.07, 6.45) is 27.8. The number of carbonyl (C=O) groups excluding carboxylic acids is 1. The van der Waals surface area contributed by atoms with Crippen molar-refractivity contribution in [3.8, 4) is 0 Å². The Morgan fingerprint density at radius 2 is 0.753 bits per heavy atom. The van der Waals surface area contributed by atoms with Crippen molar-refractivity contribution in [1.82, 2.24) is 5.32 Å². The number of unbranched alkanes of at least 4 members (excludes halogenated alkanes) is 34. The fourth-order valence-electron chi connectivity index (χ4n) is 11.7. The molecule has 0 aromatic heterocycles. The van der Waals surface area contributed by atoms with Crippen molar-refractivity contribution in [2.45, 2.75) is 362 Å². The summed E-state index contributed by atoms with van der Waals surface area (Å²) in [5, 5.41) is 120. The summed E-state index contributed by atoms with van der Waals surface area (Å²) in [6, 6.07) is -0.985. The molecule has 0 bridgehead atoms. The summed E-state index contributed by atoms with van der Waals surface area (Å²) in [5.74, 6) is -0.287. The molecule has 0 aromatic carbocycles. The standard InChI is InChI=1S/C66H123NO18/c1-3-5-7-9-11-13-14-15-16-17-18-19-20-21-22-23-24-25-26-27-28-29-30-31-32-33-34-36-37-39-41-43-50(71)49(67-54(72)44-42-40-38-35-12-10-8-6-4-2)48-80-64-60(78)57(75)62(52(46-69)82-64)85-66-61(79)58(76)63(53(47-70)83-66)84-65-59(77)56(74)55(73)51(45-68)81-65/h34,36,41,43,49-53,55-66,68-71,73-79H,3-33,35,37-40,42,44-48H2,1-2H3,(H,67,72)/b36-34+,43-41+. The second kappa shape index (κ2) is 49.0. The van der Waals surface area contributed by atoms with Gasteiger partial charge in [0, 0.05) is 6.42 Å². The zero-order valence-electron chi connectivity index (χ0n) is 52.6. The van der Waals surface area contributed by atoms with Gasteiger partial charge in [0.1, 0.15) is 73.2 Å². The Kier molecular flexibility index (Phi) is 44.7. The zero-order valence-corrected chi connectivity index (χ0v) is 52.6. The number of hydrogen-bond acceptors (Lipinski definition) is 18. The van der Waals surface area contributed by atoms with Crippen molar-refractivity contribution in [3.05, 3.63) is 24.3 Å². The van der Waals surface area contributed by atoms with Crippen molar-refractivity contribution in [2.75, 3.05) is 26.4 Å². The van der Waals surface area contributed by atoms with Gasteiger partial charge in [-0.15, -0.1) is 0 Å². The number of aliphatic hydroxyl groups excluding tert-OH is 11. The van der Waals surface area contributed by atoms with Gasteiger partial charge in [0.05, 0.1) is 38.6 Å². The van der Waals surface area contributed by atoms with Gasteiger partial charge in [-0.25, -0.2) is 0 Å². The number of ether oxygens (including phenoxy) is 6. The molecule has 3 fully saturated rings. The van der Waals surface area contributed by atoms with Gasteiger partial charge < -0.3 is 89.9 Å². The van der Waals surface area contributed by atoms with Gasteiger partial charge >= 0.3 is 0 Å². The van der Waals surface area contributed by atoms with E-state index in [9.17, 15) is 61.0 Å². The number of allylic oxidation sites excluding steroid dienone is 3. The number of nitrogens with one attached hydrogen (secondary N) is 1. The van der Waals surface area contributed by atoms with Crippen LogP contribution in [0, 0.1) is 0 Å². The predicted octanol–water partition coefficient (Wildman–Crippen LogP) is 8.27. The first-order chi connectivity index (χ1) is 41.3. The quantitative estimate of drug-likeness (QED) is 0.0201. The highest BCUT2D eigenvalue weighted by Crippen LogP contribution is 2.33. The van der Waals surface area contributed by atoms with Crippen LogP contribution in [-0.2, 0) is 33.2 Å². The maximum absolute atomic E-state index is 13.3. The van der Waals surface area contributed by atoms with E-state index in [4.69, 9.17) is 28.4 Å². The molecule has 12 N–H and O–H groups in total. The summed E-state index contributed by atoms with van der Waals surface area (Å²) in [4.78, 5) is 13.3. The molecule has 0 aromatic rings. The maximum atomic E-state index is 13.3. The minimum atomic E-state index is -1.98. The molecule has 17 unspecified atom stereocenters. The molecular formula is C66H123NO18. The molecule has 0 spiro atoms. The molecule has 19 nitrogen and oxygen atoms in total. The Labute approximate surface area is 511 Å². The molecule has 500 valence electrons. The lowest BCUT2D eigenvalue weighted by Gasteiger charge is -2.48. The topological polar surface area (TPSA) is 307 Å². The Morgan fingerprint density at radius 3 is 1.18 bits per heavy atom. The average molecular weight is 1220 g/mol. The molecule has 1 amide bonds. The third kappa shape index (κ3) is 31.7. The van der Waals surface area contributed by atoms with Gasteiger partial charge in [-0.1, -0.05) is 244 Å². The maximum Gasteiger partial charge on any atom is 0.220 e. The van der Waals surface area contributed by atoms with E-state index >= 15 is 0 Å². The number of aliphatic hydroxyl groups is 11. The SMILES string of the molecule is CCCCCCCCCCCCCCCCCCCCCCCCCCC/C=C/CC/C=C/C(O)C(COC1OC(CO)C(OC2OC(CO)C(OC3OC(CO)C(O)C(O)C3O)C(O)C2O)C(O)C1O)NC(=O)CCCCCCCCCCC. The minimum Gasteiger partial charge on any atom is -0.394 e. The van der Waals surface area contributed by atoms with Crippen LogP contribution >= 0.6 is 0 Å². The monoisotopic (exact) mass is 1220 g/mol. The van der Waals surface area contributed by atoms with Crippen LogP contribution < -0.4 is 5.32 Å². The Morgan fingerprint density at radius 1 is 0.412 bits per heavy atom. The largest absolute Gasteiger partial charge is 0.394 e. The highest BCUT2D eigenvalue weighted by atomic mass is 16.8. The van der Waals surface area contributed by atoms with Crippen molar-refractivity contribution in [3.63, 3.8) is 0 Å². The van der Waals surface area contributed by atoms with Crippen LogP contribution in [0.25, 0.3) is 0 Å². The molecule has 0 radical (unpaired) electrons. The van der Waals surface area contributed by atoms with E-state index in [1.807, 2.05) is 6.08 Å². The predicted molar refractivity (Wildman–Crippen MR) is 328 cm³/mol. The number of amides is 1. The summed E-state index contributed by atoms with van der Waals surface area (Å²) in [5.41, 5.74) is 0. The third-order valence-electron chi connectivity index (χ3n) is 17.3. The average Bonchev–Trinajstić information content (AvgIpc) is 3.50. The Balaban J connectivity index is 1.37. The summed E-state index contributed by atoms with van der Waals surface area (Å²) in [7, 11) is 0. The van der Waals surface area contributed by atoms with Gasteiger partial charge in [-0.2, -0.15) is 0 Å². The molecule has 3 heterocycles. The molecule has 3 saturated heterocycles. The first kappa shape index (κ1) is 77.5.